The lowest BCUT2D eigenvalue weighted by molar-refractivity contribution is 0.668. The van der Waals surface area contributed by atoms with Crippen LogP contribution in [-0.2, 0) is 0 Å². The molecule has 50 heavy (non-hydrogen) atoms. The first-order valence-electron chi connectivity index (χ1n) is 16.7. The van der Waals surface area contributed by atoms with E-state index in [1.807, 2.05) is 72.8 Å². The molecule has 0 aliphatic carbocycles. The van der Waals surface area contributed by atoms with Gasteiger partial charge in [0.1, 0.15) is 11.2 Å². The zero-order chi connectivity index (χ0) is 33.0. The second-order valence-electron chi connectivity index (χ2n) is 12.4. The van der Waals surface area contributed by atoms with Gasteiger partial charge in [0.25, 0.3) is 0 Å². The fourth-order valence-corrected chi connectivity index (χ4v) is 7.21. The molecule has 0 atom stereocenters. The first-order chi connectivity index (χ1) is 24.8. The van der Waals surface area contributed by atoms with Gasteiger partial charge in [0.2, 0.25) is 0 Å². The van der Waals surface area contributed by atoms with E-state index in [9.17, 15) is 0 Å². The van der Waals surface area contributed by atoms with Gasteiger partial charge in [0, 0.05) is 55.6 Å². The molecule has 3 heterocycles. The maximum Gasteiger partial charge on any atom is 0.164 e. The quantitative estimate of drug-likeness (QED) is 0.188. The first-order valence-corrected chi connectivity index (χ1v) is 16.7. The molecule has 0 saturated heterocycles. The highest BCUT2D eigenvalue weighted by atomic mass is 16.3. The minimum Gasteiger partial charge on any atom is -0.456 e. The topological polar surface area (TPSA) is 56.7 Å². The molecule has 234 valence electrons. The Bertz CT molecular complexity index is 2800. The number of aromatic nitrogens is 4. The van der Waals surface area contributed by atoms with Crippen molar-refractivity contribution < 1.29 is 4.42 Å². The Morgan fingerprint density at radius 2 is 0.980 bits per heavy atom. The van der Waals surface area contributed by atoms with Gasteiger partial charge in [0.05, 0.1) is 11.0 Å². The normalized spacial score (nSPS) is 11.6. The molecular formula is C45H28N4O. The van der Waals surface area contributed by atoms with Gasteiger partial charge in [-0.15, -0.1) is 0 Å². The number of furan rings is 1. The molecule has 10 rings (SSSR count). The van der Waals surface area contributed by atoms with Gasteiger partial charge in [0.15, 0.2) is 17.5 Å². The number of hydrogen-bond donors (Lipinski definition) is 0. The Hall–Kier alpha value is -6.85. The lowest BCUT2D eigenvalue weighted by atomic mass is 10.0. The summed E-state index contributed by atoms with van der Waals surface area (Å²) >= 11 is 0. The summed E-state index contributed by atoms with van der Waals surface area (Å²) in [4.78, 5) is 15.0. The minimum atomic E-state index is 0.602. The predicted molar refractivity (Wildman–Crippen MR) is 203 cm³/mol. The van der Waals surface area contributed by atoms with Crippen LogP contribution in [0.15, 0.2) is 174 Å². The van der Waals surface area contributed by atoms with Crippen LogP contribution in [0.2, 0.25) is 0 Å². The van der Waals surface area contributed by atoms with E-state index in [2.05, 4.69) is 102 Å². The third kappa shape index (κ3) is 4.52. The molecule has 5 heteroatoms. The highest BCUT2D eigenvalue weighted by Gasteiger charge is 2.20. The van der Waals surface area contributed by atoms with Gasteiger partial charge in [-0.25, -0.2) is 15.0 Å². The van der Waals surface area contributed by atoms with Crippen molar-refractivity contribution in [2.45, 2.75) is 0 Å². The summed E-state index contributed by atoms with van der Waals surface area (Å²) in [5.74, 6) is 1.86. The van der Waals surface area contributed by atoms with Crippen LogP contribution in [0.1, 0.15) is 0 Å². The van der Waals surface area contributed by atoms with Crippen molar-refractivity contribution in [3.8, 4) is 51.0 Å². The summed E-state index contributed by atoms with van der Waals surface area (Å²) in [6.07, 6.45) is 0. The average molecular weight is 641 g/mol. The van der Waals surface area contributed by atoms with E-state index in [-0.39, 0.29) is 0 Å². The van der Waals surface area contributed by atoms with E-state index in [0.29, 0.717) is 17.5 Å². The van der Waals surface area contributed by atoms with Gasteiger partial charge in [-0.2, -0.15) is 0 Å². The smallest absolute Gasteiger partial charge is 0.164 e. The molecule has 3 aromatic heterocycles. The lowest BCUT2D eigenvalue weighted by Crippen LogP contribution is -2.00. The summed E-state index contributed by atoms with van der Waals surface area (Å²) in [5.41, 5.74) is 10.1. The molecule has 0 spiro atoms. The molecule has 0 unspecified atom stereocenters. The maximum absolute atomic E-state index is 6.64. The van der Waals surface area contributed by atoms with Crippen molar-refractivity contribution in [3.05, 3.63) is 170 Å². The Morgan fingerprint density at radius 1 is 0.400 bits per heavy atom. The Kier molecular flexibility index (Phi) is 6.42. The fraction of sp³-hybridized carbons (Fsp3) is 0. The van der Waals surface area contributed by atoms with E-state index < -0.39 is 0 Å². The Morgan fingerprint density at radius 3 is 1.70 bits per heavy atom. The SMILES string of the molecule is c1ccc(-c2nc(-c3ccccc3)nc(-c3cccc4oc5cc(-n6c7ccccc7c7cccc(-c8ccccc8)c76)ccc5c34)n2)cc1. The zero-order valence-corrected chi connectivity index (χ0v) is 26.9. The van der Waals surface area contributed by atoms with Gasteiger partial charge in [-0.05, 0) is 29.8 Å². The first kappa shape index (κ1) is 28.2. The number of fused-ring (bicyclic) bond motifs is 6. The summed E-state index contributed by atoms with van der Waals surface area (Å²) < 4.78 is 9.00. The number of para-hydroxylation sites is 2. The Labute approximate surface area is 287 Å². The van der Waals surface area contributed by atoms with Crippen molar-refractivity contribution in [2.24, 2.45) is 0 Å². The molecule has 0 amide bonds. The van der Waals surface area contributed by atoms with Crippen LogP contribution in [0.25, 0.3) is 94.7 Å². The largest absolute Gasteiger partial charge is 0.456 e. The fourth-order valence-electron chi connectivity index (χ4n) is 7.21. The molecule has 10 aromatic rings. The minimum absolute atomic E-state index is 0.602. The molecule has 5 nitrogen and oxygen atoms in total. The van der Waals surface area contributed by atoms with E-state index in [4.69, 9.17) is 19.4 Å². The average Bonchev–Trinajstić information content (AvgIpc) is 3.74. The van der Waals surface area contributed by atoms with Crippen molar-refractivity contribution in [3.63, 3.8) is 0 Å². The van der Waals surface area contributed by atoms with Crippen LogP contribution in [0.5, 0.6) is 0 Å². The van der Waals surface area contributed by atoms with Crippen LogP contribution >= 0.6 is 0 Å². The number of benzene rings is 7. The predicted octanol–water partition coefficient (Wildman–Crippen LogP) is 11.5. The van der Waals surface area contributed by atoms with Crippen molar-refractivity contribution in [2.75, 3.05) is 0 Å². The Balaban J connectivity index is 1.20. The summed E-state index contributed by atoms with van der Waals surface area (Å²) in [5, 5.41) is 4.41. The maximum atomic E-state index is 6.64. The highest BCUT2D eigenvalue weighted by Crippen LogP contribution is 2.41. The molecule has 0 aliphatic heterocycles. The number of hydrogen-bond acceptors (Lipinski definition) is 4. The standard InChI is InChI=1S/C45H28N4O/c1-4-14-29(15-5-1)33-21-12-22-35-34-20-10-11-24-38(34)49(42(33)35)32-26-27-36-40(28-32)50-39-25-13-23-37(41(36)39)45-47-43(30-16-6-2-7-17-30)46-44(48-45)31-18-8-3-9-19-31/h1-28H. The third-order valence-electron chi connectivity index (χ3n) is 9.46. The molecular weight excluding hydrogens is 613 g/mol. The second-order valence-corrected chi connectivity index (χ2v) is 12.4. The molecule has 0 radical (unpaired) electrons. The van der Waals surface area contributed by atoms with E-state index in [1.165, 1.54) is 27.4 Å². The number of rotatable bonds is 5. The van der Waals surface area contributed by atoms with Crippen molar-refractivity contribution in [1.82, 2.24) is 19.5 Å². The van der Waals surface area contributed by atoms with Crippen LogP contribution in [0.4, 0.5) is 0 Å². The van der Waals surface area contributed by atoms with Crippen LogP contribution in [0, 0.1) is 0 Å². The van der Waals surface area contributed by atoms with E-state index >= 15 is 0 Å². The number of nitrogens with zero attached hydrogens (tertiary/aromatic N) is 4. The van der Waals surface area contributed by atoms with Crippen LogP contribution in [0.3, 0.4) is 0 Å². The lowest BCUT2D eigenvalue weighted by Gasteiger charge is -2.12. The summed E-state index contributed by atoms with van der Waals surface area (Å²) in [6.45, 7) is 0. The molecule has 7 aromatic carbocycles. The van der Waals surface area contributed by atoms with Crippen LogP contribution in [-0.4, -0.2) is 19.5 Å². The molecule has 0 bridgehead atoms. The zero-order valence-electron chi connectivity index (χ0n) is 26.9. The van der Waals surface area contributed by atoms with Crippen LogP contribution < -0.4 is 0 Å². The second kappa shape index (κ2) is 11.4. The monoisotopic (exact) mass is 640 g/mol. The van der Waals surface area contributed by atoms with Gasteiger partial charge in [-0.3, -0.25) is 0 Å². The van der Waals surface area contributed by atoms with Crippen molar-refractivity contribution in [1.29, 1.82) is 0 Å². The molecule has 0 N–H and O–H groups in total. The molecule has 0 fully saturated rings. The van der Waals surface area contributed by atoms with E-state index in [0.717, 1.165) is 49.8 Å². The van der Waals surface area contributed by atoms with E-state index in [1.54, 1.807) is 0 Å². The highest BCUT2D eigenvalue weighted by molar-refractivity contribution is 6.15. The third-order valence-corrected chi connectivity index (χ3v) is 9.46. The van der Waals surface area contributed by atoms with Crippen molar-refractivity contribution >= 4 is 43.7 Å². The van der Waals surface area contributed by atoms with Gasteiger partial charge < -0.3 is 8.98 Å². The molecule has 0 saturated carbocycles. The van der Waals surface area contributed by atoms with Gasteiger partial charge >= 0.3 is 0 Å². The van der Waals surface area contributed by atoms with Gasteiger partial charge in [-0.1, -0.05) is 140 Å². The molecule has 0 aliphatic rings. The summed E-state index contributed by atoms with van der Waals surface area (Å²) in [7, 11) is 0. The summed E-state index contributed by atoms with van der Waals surface area (Å²) in [6, 6.07) is 58.5.